The maximum atomic E-state index is 14.1. The van der Waals surface area contributed by atoms with Crippen molar-refractivity contribution < 1.29 is 28.6 Å². The number of halogens is 1. The van der Waals surface area contributed by atoms with Gasteiger partial charge >= 0.3 is 5.91 Å². The van der Waals surface area contributed by atoms with Crippen LogP contribution in [0.15, 0.2) is 95.4 Å². The van der Waals surface area contributed by atoms with Crippen LogP contribution in [0, 0.1) is 5.82 Å². The molecule has 3 aromatic carbocycles. The maximum Gasteiger partial charge on any atom is 0.301 e. The van der Waals surface area contributed by atoms with Crippen LogP contribution in [-0.2, 0) is 15.3 Å². The van der Waals surface area contributed by atoms with Gasteiger partial charge in [-0.15, -0.1) is 10.2 Å². The Bertz CT molecular complexity index is 1640. The fourth-order valence-electron chi connectivity index (χ4n) is 4.29. The van der Waals surface area contributed by atoms with E-state index in [0.29, 0.717) is 38.3 Å². The minimum Gasteiger partial charge on any atom is -0.507 e. The molecule has 1 atom stereocenters. The number of carbonyl (C=O) groups excluding carboxylic acids is 2. The number of carbonyl (C=O) groups is 2. The number of methoxy groups -OCH3 is 1. The van der Waals surface area contributed by atoms with Crippen LogP contribution in [-0.4, -0.2) is 40.7 Å². The van der Waals surface area contributed by atoms with Crippen molar-refractivity contribution in [3.63, 3.8) is 0 Å². The number of aromatic nitrogens is 2. The molecule has 0 bridgehead atoms. The van der Waals surface area contributed by atoms with E-state index >= 15 is 0 Å². The number of ether oxygens (including phenoxy) is 2. The van der Waals surface area contributed by atoms with Gasteiger partial charge in [-0.2, -0.15) is 0 Å². The molecule has 2 heterocycles. The maximum absolute atomic E-state index is 14.1. The van der Waals surface area contributed by atoms with Gasteiger partial charge in [-0.05, 0) is 53.6 Å². The Morgan fingerprint density at radius 3 is 2.61 bits per heavy atom. The highest BCUT2D eigenvalue weighted by Crippen LogP contribution is 2.44. The van der Waals surface area contributed by atoms with Crippen molar-refractivity contribution >= 4 is 45.7 Å². The number of hydrogen-bond donors (Lipinski definition) is 1. The molecule has 0 spiro atoms. The molecule has 1 aromatic heterocycles. The highest BCUT2D eigenvalue weighted by molar-refractivity contribution is 8.00. The number of rotatable bonds is 10. The standard InChI is InChI=1S/C30H24FN3O5S2/c1-3-15-39-22-9-6-8-19(16-22)25-24(26(35)18-11-13-21(38-2)14-12-18)27(36)28(37)34(25)29-32-33-30(41-29)40-17-20-7-4-5-10-23(20)31/h3-14,16,25,35H,1,15,17H2,2H3. The van der Waals surface area contributed by atoms with Crippen LogP contribution < -0.4 is 14.4 Å². The van der Waals surface area contributed by atoms with Crippen LogP contribution in [0.1, 0.15) is 22.7 Å². The molecular weight excluding hydrogens is 565 g/mol. The summed E-state index contributed by atoms with van der Waals surface area (Å²) in [6.07, 6.45) is 1.60. The van der Waals surface area contributed by atoms with Crippen molar-refractivity contribution in [2.45, 2.75) is 16.1 Å². The van der Waals surface area contributed by atoms with Gasteiger partial charge in [0.15, 0.2) is 4.34 Å². The molecule has 208 valence electrons. The molecule has 1 fully saturated rings. The van der Waals surface area contributed by atoms with Gasteiger partial charge in [0.2, 0.25) is 5.13 Å². The average Bonchev–Trinajstić information content (AvgIpc) is 3.57. The van der Waals surface area contributed by atoms with Crippen LogP contribution in [0.4, 0.5) is 9.52 Å². The first-order valence-corrected chi connectivity index (χ1v) is 14.2. The minimum atomic E-state index is -1.01. The second-order valence-electron chi connectivity index (χ2n) is 8.80. The average molecular weight is 590 g/mol. The predicted molar refractivity (Wildman–Crippen MR) is 156 cm³/mol. The molecule has 5 rings (SSSR count). The Morgan fingerprint density at radius 2 is 1.88 bits per heavy atom. The van der Waals surface area contributed by atoms with Crippen LogP contribution in [0.25, 0.3) is 5.76 Å². The zero-order chi connectivity index (χ0) is 28.9. The number of anilines is 1. The molecule has 1 amide bonds. The normalized spacial score (nSPS) is 16.1. The van der Waals surface area contributed by atoms with E-state index in [4.69, 9.17) is 9.47 Å². The molecule has 1 N–H and O–H groups in total. The molecule has 41 heavy (non-hydrogen) atoms. The molecule has 0 radical (unpaired) electrons. The van der Waals surface area contributed by atoms with Crippen LogP contribution >= 0.6 is 23.1 Å². The van der Waals surface area contributed by atoms with Gasteiger partial charge in [-0.1, -0.05) is 66.1 Å². The lowest BCUT2D eigenvalue weighted by Crippen LogP contribution is -2.29. The van der Waals surface area contributed by atoms with Gasteiger partial charge in [0.25, 0.3) is 5.78 Å². The van der Waals surface area contributed by atoms with Gasteiger partial charge in [0.05, 0.1) is 18.7 Å². The lowest BCUT2D eigenvalue weighted by Gasteiger charge is -2.23. The lowest BCUT2D eigenvalue weighted by molar-refractivity contribution is -0.132. The van der Waals surface area contributed by atoms with Crippen molar-refractivity contribution in [3.05, 3.63) is 114 Å². The second-order valence-corrected chi connectivity index (χ2v) is 11.0. The first-order chi connectivity index (χ1) is 19.9. The van der Waals surface area contributed by atoms with Gasteiger partial charge in [-0.3, -0.25) is 14.5 Å². The minimum absolute atomic E-state index is 0.100. The Morgan fingerprint density at radius 1 is 1.10 bits per heavy atom. The van der Waals surface area contributed by atoms with Crippen molar-refractivity contribution in [1.82, 2.24) is 10.2 Å². The lowest BCUT2D eigenvalue weighted by atomic mass is 9.95. The summed E-state index contributed by atoms with van der Waals surface area (Å²) < 4.78 is 25.5. The number of benzene rings is 3. The first kappa shape index (κ1) is 28.1. The monoisotopic (exact) mass is 589 g/mol. The smallest absolute Gasteiger partial charge is 0.301 e. The molecule has 8 nitrogen and oxygen atoms in total. The quantitative estimate of drug-likeness (QED) is 0.0585. The van der Waals surface area contributed by atoms with E-state index in [1.165, 1.54) is 29.8 Å². The van der Waals surface area contributed by atoms with Crippen LogP contribution in [0.5, 0.6) is 11.5 Å². The predicted octanol–water partition coefficient (Wildman–Crippen LogP) is 6.17. The zero-order valence-electron chi connectivity index (χ0n) is 21.8. The molecule has 4 aromatic rings. The summed E-state index contributed by atoms with van der Waals surface area (Å²) in [5, 5.41) is 19.9. The summed E-state index contributed by atoms with van der Waals surface area (Å²) in [4.78, 5) is 28.2. The van der Waals surface area contributed by atoms with Crippen molar-refractivity contribution in [2.24, 2.45) is 0 Å². The van der Waals surface area contributed by atoms with E-state index in [0.717, 1.165) is 11.3 Å². The zero-order valence-corrected chi connectivity index (χ0v) is 23.5. The summed E-state index contributed by atoms with van der Waals surface area (Å²) in [7, 11) is 1.52. The van der Waals surface area contributed by atoms with Gasteiger partial charge in [0, 0.05) is 11.3 Å². The SMILES string of the molecule is C=CCOc1cccc(C2C(=C(O)c3ccc(OC)cc3)C(=O)C(=O)N2c2nnc(SCc3ccccc3F)s2)c1. The van der Waals surface area contributed by atoms with E-state index in [2.05, 4.69) is 16.8 Å². The molecule has 11 heteroatoms. The number of thioether (sulfide) groups is 1. The summed E-state index contributed by atoms with van der Waals surface area (Å²) in [6.45, 7) is 3.92. The molecule has 1 saturated heterocycles. The van der Waals surface area contributed by atoms with Gasteiger partial charge in [-0.25, -0.2) is 4.39 Å². The second kappa shape index (κ2) is 12.4. The highest BCUT2D eigenvalue weighted by Gasteiger charge is 2.48. The van der Waals surface area contributed by atoms with Gasteiger partial charge < -0.3 is 14.6 Å². The van der Waals surface area contributed by atoms with Crippen molar-refractivity contribution in [2.75, 3.05) is 18.6 Å². The van der Waals surface area contributed by atoms with Crippen LogP contribution in [0.3, 0.4) is 0 Å². The fourth-order valence-corrected chi connectivity index (χ4v) is 6.15. The molecule has 0 aliphatic carbocycles. The summed E-state index contributed by atoms with van der Waals surface area (Å²) in [5.74, 6) is -1.01. The Kier molecular flexibility index (Phi) is 8.46. The largest absolute Gasteiger partial charge is 0.507 e. The van der Waals surface area contributed by atoms with E-state index < -0.39 is 17.7 Å². The highest BCUT2D eigenvalue weighted by atomic mass is 32.2. The first-order valence-electron chi connectivity index (χ1n) is 12.4. The Labute approximate surface area is 243 Å². The number of aliphatic hydroxyl groups excluding tert-OH is 1. The number of nitrogens with zero attached hydrogens (tertiary/aromatic N) is 3. The molecule has 1 aliphatic rings. The third kappa shape index (κ3) is 5.86. The van der Waals surface area contributed by atoms with E-state index in [9.17, 15) is 19.1 Å². The number of hydrogen-bond acceptors (Lipinski definition) is 9. The molecular formula is C30H24FN3O5S2. The van der Waals surface area contributed by atoms with Crippen LogP contribution in [0.2, 0.25) is 0 Å². The number of aliphatic hydroxyl groups is 1. The third-order valence-corrected chi connectivity index (χ3v) is 8.37. The number of amides is 1. The third-order valence-electron chi connectivity index (χ3n) is 6.26. The number of Topliss-reactive ketones (excluding diaryl/α,β-unsaturated/α-hetero) is 1. The van der Waals surface area contributed by atoms with Gasteiger partial charge in [0.1, 0.15) is 29.7 Å². The van der Waals surface area contributed by atoms with Crippen molar-refractivity contribution in [3.8, 4) is 11.5 Å². The van der Waals surface area contributed by atoms with E-state index in [1.807, 2.05) is 0 Å². The topological polar surface area (TPSA) is 102 Å². The molecule has 1 unspecified atom stereocenters. The summed E-state index contributed by atoms with van der Waals surface area (Å²) in [6, 6.07) is 18.8. The summed E-state index contributed by atoms with van der Waals surface area (Å²) >= 11 is 2.36. The van der Waals surface area contributed by atoms with E-state index in [1.54, 1.807) is 72.8 Å². The Hall–Kier alpha value is -4.48. The molecule has 0 saturated carbocycles. The molecule has 1 aliphatic heterocycles. The summed E-state index contributed by atoms with van der Waals surface area (Å²) in [5.41, 5.74) is 1.27. The van der Waals surface area contributed by atoms with E-state index in [-0.39, 0.29) is 28.9 Å². The van der Waals surface area contributed by atoms with Crippen molar-refractivity contribution in [1.29, 1.82) is 0 Å². The number of ketones is 1. The Balaban J connectivity index is 1.55. The fraction of sp³-hybridized carbons (Fsp3) is 0.133.